The zero-order valence-electron chi connectivity index (χ0n) is 10.1. The average Bonchev–Trinajstić information content (AvgIpc) is 2.39. The first kappa shape index (κ1) is 11.5. The van der Waals surface area contributed by atoms with E-state index in [1.54, 1.807) is 6.07 Å². The molecule has 2 aliphatic heterocycles. The molecule has 1 aromatic carbocycles. The monoisotopic (exact) mass is 249 g/mol. The van der Waals surface area contributed by atoms with Crippen LogP contribution in [0.15, 0.2) is 12.1 Å². The summed E-state index contributed by atoms with van der Waals surface area (Å²) in [5.41, 5.74) is 1.98. The second-order valence-electron chi connectivity index (χ2n) is 4.70. The third-order valence-electron chi connectivity index (χ3n) is 3.55. The van der Waals surface area contributed by atoms with Gasteiger partial charge in [0, 0.05) is 38.3 Å². The quantitative estimate of drug-likeness (QED) is 0.762. The maximum atomic E-state index is 14.1. The third kappa shape index (κ3) is 1.95. The number of benzene rings is 1. The minimum absolute atomic E-state index is 0.0902. The molecule has 2 aliphatic rings. The summed E-state index contributed by atoms with van der Waals surface area (Å²) in [5, 5.41) is 6.03. The van der Waals surface area contributed by atoms with Crippen molar-refractivity contribution in [3.63, 3.8) is 0 Å². The summed E-state index contributed by atoms with van der Waals surface area (Å²) in [5.74, 6) is -0.307. The van der Waals surface area contributed by atoms with Gasteiger partial charge in [-0.1, -0.05) is 0 Å². The molecule has 4 nitrogen and oxygen atoms in total. The third-order valence-corrected chi connectivity index (χ3v) is 3.55. The predicted molar refractivity (Wildman–Crippen MR) is 67.5 cm³/mol. The maximum Gasteiger partial charge on any atom is 0.251 e. The van der Waals surface area contributed by atoms with Crippen LogP contribution in [0.25, 0.3) is 0 Å². The summed E-state index contributed by atoms with van der Waals surface area (Å²) < 4.78 is 14.1. The normalized spacial score (nSPS) is 19.4. The van der Waals surface area contributed by atoms with E-state index in [-0.39, 0.29) is 11.7 Å². The molecule has 1 aromatic rings. The summed E-state index contributed by atoms with van der Waals surface area (Å²) in [7, 11) is 0. The molecule has 0 unspecified atom stereocenters. The molecule has 2 heterocycles. The van der Waals surface area contributed by atoms with Crippen molar-refractivity contribution < 1.29 is 9.18 Å². The van der Waals surface area contributed by atoms with E-state index in [1.165, 1.54) is 6.07 Å². The van der Waals surface area contributed by atoms with Crippen LogP contribution in [-0.4, -0.2) is 38.6 Å². The van der Waals surface area contributed by atoms with Gasteiger partial charge in [-0.05, 0) is 24.1 Å². The number of carbonyl (C=O) groups excluding carboxylic acids is 1. The highest BCUT2D eigenvalue weighted by Crippen LogP contribution is 2.26. The highest BCUT2D eigenvalue weighted by atomic mass is 19.1. The lowest BCUT2D eigenvalue weighted by Gasteiger charge is -2.30. The molecule has 0 aromatic heterocycles. The Hall–Kier alpha value is -1.62. The summed E-state index contributed by atoms with van der Waals surface area (Å²) in [6.07, 6.45) is 0.708. The number of amides is 1. The van der Waals surface area contributed by atoms with Crippen molar-refractivity contribution in [2.75, 3.05) is 37.6 Å². The van der Waals surface area contributed by atoms with Crippen molar-refractivity contribution in [2.24, 2.45) is 0 Å². The zero-order chi connectivity index (χ0) is 12.5. The lowest BCUT2D eigenvalue weighted by Crippen LogP contribution is -2.44. The Morgan fingerprint density at radius 2 is 1.94 bits per heavy atom. The highest BCUT2D eigenvalue weighted by molar-refractivity contribution is 5.97. The predicted octanol–water partition coefficient (Wildman–Crippen LogP) is 0.521. The van der Waals surface area contributed by atoms with Crippen molar-refractivity contribution >= 4 is 11.6 Å². The van der Waals surface area contributed by atoms with Gasteiger partial charge in [-0.25, -0.2) is 4.39 Å². The van der Waals surface area contributed by atoms with Crippen LogP contribution in [0, 0.1) is 5.82 Å². The van der Waals surface area contributed by atoms with E-state index in [4.69, 9.17) is 0 Å². The molecule has 18 heavy (non-hydrogen) atoms. The van der Waals surface area contributed by atoms with E-state index in [9.17, 15) is 9.18 Å². The van der Waals surface area contributed by atoms with Gasteiger partial charge in [-0.3, -0.25) is 4.79 Å². The van der Waals surface area contributed by atoms with Gasteiger partial charge in [0.2, 0.25) is 0 Å². The Labute approximate surface area is 105 Å². The Morgan fingerprint density at radius 3 is 2.72 bits per heavy atom. The molecule has 1 amide bonds. The van der Waals surface area contributed by atoms with Crippen LogP contribution in [0.4, 0.5) is 10.1 Å². The molecule has 1 saturated heterocycles. The Bertz CT molecular complexity index is 483. The zero-order valence-corrected chi connectivity index (χ0v) is 10.1. The fourth-order valence-corrected chi connectivity index (χ4v) is 2.58. The van der Waals surface area contributed by atoms with Crippen LogP contribution in [0.2, 0.25) is 0 Å². The van der Waals surface area contributed by atoms with Crippen molar-refractivity contribution in [3.05, 3.63) is 29.1 Å². The number of nitrogens with zero attached hydrogens (tertiary/aromatic N) is 1. The largest absolute Gasteiger partial charge is 0.367 e. The fraction of sp³-hybridized carbons (Fsp3) is 0.462. The lowest BCUT2D eigenvalue weighted by atomic mass is 9.99. The van der Waals surface area contributed by atoms with Gasteiger partial charge < -0.3 is 15.5 Å². The fourth-order valence-electron chi connectivity index (χ4n) is 2.58. The second kappa shape index (κ2) is 4.57. The molecule has 0 bridgehead atoms. The molecular weight excluding hydrogens is 233 g/mol. The smallest absolute Gasteiger partial charge is 0.251 e. The van der Waals surface area contributed by atoms with E-state index < -0.39 is 0 Å². The lowest BCUT2D eigenvalue weighted by molar-refractivity contribution is 0.0946. The SMILES string of the molecule is O=C1NCCc2cc(F)c(N3CCNCC3)cc21. The molecule has 3 rings (SSSR count). The second-order valence-corrected chi connectivity index (χ2v) is 4.70. The molecule has 5 heteroatoms. The molecule has 0 atom stereocenters. The first-order valence-corrected chi connectivity index (χ1v) is 6.32. The van der Waals surface area contributed by atoms with Crippen LogP contribution in [0.5, 0.6) is 0 Å². The first-order chi connectivity index (χ1) is 8.75. The summed E-state index contributed by atoms with van der Waals surface area (Å²) in [6.45, 7) is 3.85. The minimum Gasteiger partial charge on any atom is -0.367 e. The number of piperazine rings is 1. The Balaban J connectivity index is 1.99. The number of nitrogens with one attached hydrogen (secondary N) is 2. The van der Waals surface area contributed by atoms with Crippen LogP contribution in [-0.2, 0) is 6.42 Å². The van der Waals surface area contributed by atoms with Gasteiger partial charge >= 0.3 is 0 Å². The van der Waals surface area contributed by atoms with Gasteiger partial charge in [0.05, 0.1) is 5.69 Å². The number of halogens is 1. The number of fused-ring (bicyclic) bond motifs is 1. The first-order valence-electron chi connectivity index (χ1n) is 6.32. The number of anilines is 1. The van der Waals surface area contributed by atoms with Gasteiger partial charge in [0.25, 0.3) is 5.91 Å². The van der Waals surface area contributed by atoms with E-state index in [0.717, 1.165) is 31.7 Å². The summed E-state index contributed by atoms with van der Waals surface area (Å²) in [6, 6.07) is 3.22. The van der Waals surface area contributed by atoms with Crippen LogP contribution >= 0.6 is 0 Å². The highest BCUT2D eigenvalue weighted by Gasteiger charge is 2.22. The van der Waals surface area contributed by atoms with E-state index in [2.05, 4.69) is 10.6 Å². The van der Waals surface area contributed by atoms with Gasteiger partial charge in [-0.15, -0.1) is 0 Å². The molecule has 1 fully saturated rings. The number of hydrogen-bond donors (Lipinski definition) is 2. The van der Waals surface area contributed by atoms with E-state index >= 15 is 0 Å². The van der Waals surface area contributed by atoms with Gasteiger partial charge in [0.15, 0.2) is 0 Å². The van der Waals surface area contributed by atoms with Crippen molar-refractivity contribution in [2.45, 2.75) is 6.42 Å². The van der Waals surface area contributed by atoms with E-state index in [1.807, 2.05) is 4.90 Å². The minimum atomic E-state index is -0.217. The average molecular weight is 249 g/mol. The maximum absolute atomic E-state index is 14.1. The molecule has 0 saturated carbocycles. The van der Waals surface area contributed by atoms with Crippen molar-refractivity contribution in [1.82, 2.24) is 10.6 Å². The standard InChI is InChI=1S/C13H16FN3O/c14-11-7-9-1-2-16-13(18)10(9)8-12(11)17-5-3-15-4-6-17/h7-8,15H,1-6H2,(H,16,18). The number of rotatable bonds is 1. The van der Waals surface area contributed by atoms with Crippen LogP contribution < -0.4 is 15.5 Å². The Kier molecular flexibility index (Phi) is 2.91. The van der Waals surface area contributed by atoms with Gasteiger partial charge in [-0.2, -0.15) is 0 Å². The van der Waals surface area contributed by atoms with E-state index in [0.29, 0.717) is 24.2 Å². The van der Waals surface area contributed by atoms with Gasteiger partial charge in [0.1, 0.15) is 5.82 Å². The summed E-state index contributed by atoms with van der Waals surface area (Å²) in [4.78, 5) is 13.8. The van der Waals surface area contributed by atoms with Crippen molar-refractivity contribution in [1.29, 1.82) is 0 Å². The molecule has 0 spiro atoms. The van der Waals surface area contributed by atoms with Crippen LogP contribution in [0.3, 0.4) is 0 Å². The molecule has 0 aliphatic carbocycles. The molecule has 96 valence electrons. The summed E-state index contributed by atoms with van der Waals surface area (Å²) >= 11 is 0. The number of carbonyl (C=O) groups is 1. The van der Waals surface area contributed by atoms with Crippen molar-refractivity contribution in [3.8, 4) is 0 Å². The molecule has 2 N–H and O–H groups in total. The number of hydrogen-bond acceptors (Lipinski definition) is 3. The molecular formula is C13H16FN3O. The topological polar surface area (TPSA) is 44.4 Å². The Morgan fingerprint density at radius 1 is 1.17 bits per heavy atom. The molecule has 0 radical (unpaired) electrons. The van der Waals surface area contributed by atoms with Crippen LogP contribution in [0.1, 0.15) is 15.9 Å².